The van der Waals surface area contributed by atoms with Crippen molar-refractivity contribution < 1.29 is 37.1 Å². The third-order valence-corrected chi connectivity index (χ3v) is 14.9. The van der Waals surface area contributed by atoms with Crippen LogP contribution in [-0.4, -0.2) is 89.7 Å². The number of urea groups is 1. The third-order valence-electron chi connectivity index (χ3n) is 12.2. The molecule has 3 fully saturated rings. The van der Waals surface area contributed by atoms with Gasteiger partial charge in [-0.05, 0) is 75.6 Å². The first-order chi connectivity index (χ1) is 29.8. The number of carbonyl (C=O) groups excluding carboxylic acids is 4. The number of rotatable bonds is 10. The third kappa shape index (κ3) is 9.14. The van der Waals surface area contributed by atoms with Crippen LogP contribution >= 0.6 is 11.3 Å². The zero-order chi connectivity index (χ0) is 43.8. The zero-order valence-corrected chi connectivity index (χ0v) is 36.9. The lowest BCUT2D eigenvalue weighted by molar-refractivity contribution is -0.141. The Labute approximate surface area is 365 Å². The van der Waals surface area contributed by atoms with Gasteiger partial charge in [-0.3, -0.25) is 19.1 Å². The topological polar surface area (TPSA) is 198 Å². The van der Waals surface area contributed by atoms with Crippen LogP contribution in [-0.2, 0) is 24.4 Å². The number of hydrogen-bond acceptors (Lipinski definition) is 11. The number of aromatic nitrogens is 2. The van der Waals surface area contributed by atoms with Crippen molar-refractivity contribution in [2.45, 2.75) is 113 Å². The average Bonchev–Trinajstić information content (AvgIpc) is 4.12. The molecule has 2 aromatic heterocycles. The van der Waals surface area contributed by atoms with Crippen molar-refractivity contribution in [1.29, 1.82) is 0 Å². The van der Waals surface area contributed by atoms with Gasteiger partial charge in [0, 0.05) is 40.4 Å². The lowest BCUT2D eigenvalue weighted by Gasteiger charge is -2.30. The highest BCUT2D eigenvalue weighted by Gasteiger charge is 2.62. The van der Waals surface area contributed by atoms with Crippen LogP contribution in [0.1, 0.15) is 88.8 Å². The van der Waals surface area contributed by atoms with Crippen LogP contribution < -0.4 is 30.1 Å². The lowest BCUT2D eigenvalue weighted by Crippen LogP contribution is -2.58. The molecule has 4 aliphatic rings. The van der Waals surface area contributed by atoms with Crippen molar-refractivity contribution >= 4 is 61.7 Å². The SMILES string of the molecule is COc1ccc2c(OC3CC4C(=O)NC5(C(=O)NS(=O)(=O)C6CC6)CC5C=CCCCCCC(NC(=O)Nc5ccccc5)C(=O)N4C3)cc(-c3nc(C(C)C)cs3)nc2c1C. The number of fused-ring (bicyclic) bond motifs is 3. The van der Waals surface area contributed by atoms with Gasteiger partial charge in [-0.15, -0.1) is 11.3 Å². The summed E-state index contributed by atoms with van der Waals surface area (Å²) in [6.45, 7) is 6.05. The van der Waals surface area contributed by atoms with E-state index in [4.69, 9.17) is 19.4 Å². The van der Waals surface area contributed by atoms with Gasteiger partial charge < -0.3 is 30.3 Å². The number of amides is 5. The number of allylic oxidation sites excluding steroid dienone is 1. The second-order valence-corrected chi connectivity index (χ2v) is 19.9. The molecule has 1 saturated heterocycles. The van der Waals surface area contributed by atoms with Gasteiger partial charge in [-0.1, -0.05) is 57.0 Å². The summed E-state index contributed by atoms with van der Waals surface area (Å²) in [5.41, 5.74) is 2.01. The van der Waals surface area contributed by atoms with Gasteiger partial charge in [0.2, 0.25) is 21.8 Å². The zero-order valence-electron chi connectivity index (χ0n) is 35.3. The smallest absolute Gasteiger partial charge is 0.319 e. The van der Waals surface area contributed by atoms with E-state index in [0.29, 0.717) is 70.9 Å². The first-order valence-corrected chi connectivity index (χ1v) is 23.8. The van der Waals surface area contributed by atoms with E-state index in [9.17, 15) is 27.6 Å². The number of sulfonamides is 1. The maximum atomic E-state index is 14.8. The molecule has 2 aliphatic heterocycles. The van der Waals surface area contributed by atoms with Crippen molar-refractivity contribution in [3.8, 4) is 22.2 Å². The Kier molecular flexibility index (Phi) is 12.3. The van der Waals surface area contributed by atoms with E-state index < -0.39 is 68.7 Å². The molecule has 5 amide bonds. The molecular weight excluding hydrogens is 831 g/mol. The predicted molar refractivity (Wildman–Crippen MR) is 236 cm³/mol. The van der Waals surface area contributed by atoms with Crippen LogP contribution in [0.25, 0.3) is 21.6 Å². The molecule has 0 bridgehead atoms. The minimum absolute atomic E-state index is 0.0168. The van der Waals surface area contributed by atoms with Gasteiger partial charge in [0.25, 0.3) is 5.91 Å². The molecule has 4 heterocycles. The van der Waals surface area contributed by atoms with E-state index in [1.807, 2.05) is 48.7 Å². The fraction of sp³-hybridized carbons (Fsp3) is 0.467. The molecule has 8 rings (SSSR count). The highest BCUT2D eigenvalue weighted by molar-refractivity contribution is 7.91. The van der Waals surface area contributed by atoms with E-state index in [1.165, 1.54) is 16.2 Å². The van der Waals surface area contributed by atoms with Crippen LogP contribution in [0.3, 0.4) is 0 Å². The van der Waals surface area contributed by atoms with Crippen molar-refractivity contribution in [2.75, 3.05) is 19.0 Å². The van der Waals surface area contributed by atoms with Gasteiger partial charge in [0.1, 0.15) is 45.9 Å². The van der Waals surface area contributed by atoms with Gasteiger partial charge in [0.15, 0.2) is 0 Å². The summed E-state index contributed by atoms with van der Waals surface area (Å²) in [7, 11) is -2.32. The minimum Gasteiger partial charge on any atom is -0.496 e. The standard InChI is InChI=1S/C45H53N7O8S2/c1-26(2)35-25-61-41(48-35)34-22-38(32-19-20-37(59-4)27(3)39(32)47-34)60-30-21-36-40(53)50-45(43(55)51-62(57,58)31-17-18-31)23-28(45)13-9-6-5-7-12-16-33(42(54)52(36)24-30)49-44(56)46-29-14-10-8-11-15-29/h8-11,13-15,19-20,22,25-26,28,30-31,33,36H,5-7,12,16-18,21,23-24H2,1-4H3,(H,50,53)(H,51,55)(H2,46,49,56). The van der Waals surface area contributed by atoms with E-state index in [2.05, 4.69) is 34.5 Å². The highest BCUT2D eigenvalue weighted by atomic mass is 32.2. The Morgan fingerprint density at radius 2 is 1.81 bits per heavy atom. The largest absolute Gasteiger partial charge is 0.496 e. The van der Waals surface area contributed by atoms with Gasteiger partial charge in [0.05, 0.1) is 30.1 Å². The van der Waals surface area contributed by atoms with Crippen LogP contribution in [0.5, 0.6) is 11.5 Å². The molecule has 5 unspecified atom stereocenters. The first-order valence-electron chi connectivity index (χ1n) is 21.3. The molecule has 0 radical (unpaired) electrons. The van der Waals surface area contributed by atoms with Crippen LogP contribution in [0.4, 0.5) is 10.5 Å². The Morgan fingerprint density at radius 3 is 2.53 bits per heavy atom. The Hall–Kier alpha value is -5.55. The number of aryl methyl sites for hydroxylation is 1. The minimum atomic E-state index is -3.92. The molecule has 4 N–H and O–H groups in total. The maximum absolute atomic E-state index is 14.8. The number of nitrogens with one attached hydrogen (secondary N) is 4. The van der Waals surface area contributed by atoms with Crippen molar-refractivity contribution in [2.24, 2.45) is 5.92 Å². The molecule has 17 heteroatoms. The fourth-order valence-corrected chi connectivity index (χ4v) is 10.7. The van der Waals surface area contributed by atoms with E-state index in [0.717, 1.165) is 24.1 Å². The van der Waals surface area contributed by atoms with E-state index in [-0.39, 0.29) is 25.3 Å². The number of carbonyl (C=O) groups is 4. The summed E-state index contributed by atoms with van der Waals surface area (Å²) in [5.74, 6) is -0.988. The number of benzene rings is 2. The molecule has 2 aromatic carbocycles. The molecule has 2 aliphatic carbocycles. The summed E-state index contributed by atoms with van der Waals surface area (Å²) in [4.78, 5) is 68.1. The molecule has 15 nitrogen and oxygen atoms in total. The summed E-state index contributed by atoms with van der Waals surface area (Å²) < 4.78 is 40.7. The maximum Gasteiger partial charge on any atom is 0.319 e. The second kappa shape index (κ2) is 17.7. The monoisotopic (exact) mass is 883 g/mol. The lowest BCUT2D eigenvalue weighted by atomic mass is 10.0. The second-order valence-electron chi connectivity index (χ2n) is 17.0. The number of methoxy groups -OCH3 is 1. The molecule has 5 atom stereocenters. The Morgan fingerprint density at radius 1 is 1.02 bits per heavy atom. The Balaban J connectivity index is 1.14. The molecule has 328 valence electrons. The fourth-order valence-electron chi connectivity index (χ4n) is 8.35. The molecule has 62 heavy (non-hydrogen) atoms. The molecule has 2 saturated carbocycles. The number of pyridine rings is 1. The van der Waals surface area contributed by atoms with E-state index in [1.54, 1.807) is 31.4 Å². The summed E-state index contributed by atoms with van der Waals surface area (Å²) in [6.07, 6.45) is 7.48. The predicted octanol–water partition coefficient (Wildman–Crippen LogP) is 6.34. The average molecular weight is 884 g/mol. The summed E-state index contributed by atoms with van der Waals surface area (Å²) in [6, 6.07) is 11.7. The highest BCUT2D eigenvalue weighted by Crippen LogP contribution is 2.46. The van der Waals surface area contributed by atoms with Crippen molar-refractivity contribution in [1.82, 2.24) is 30.2 Å². The number of hydrogen-bond donors (Lipinski definition) is 4. The molecule has 4 aromatic rings. The van der Waals surface area contributed by atoms with Gasteiger partial charge in [-0.2, -0.15) is 0 Å². The number of nitrogens with zero attached hydrogens (tertiary/aromatic N) is 3. The van der Waals surface area contributed by atoms with Gasteiger partial charge in [-0.25, -0.2) is 23.2 Å². The molecular formula is C45H53N7O8S2. The number of thiazole rings is 1. The first kappa shape index (κ1) is 43.1. The number of ether oxygens (including phenoxy) is 2. The number of para-hydroxylation sites is 1. The van der Waals surface area contributed by atoms with Crippen molar-refractivity contribution in [3.63, 3.8) is 0 Å². The van der Waals surface area contributed by atoms with Crippen LogP contribution in [0.15, 0.2) is 66.1 Å². The molecule has 0 spiro atoms. The number of anilines is 1. The van der Waals surface area contributed by atoms with Crippen molar-refractivity contribution in [3.05, 3.63) is 77.3 Å². The van der Waals surface area contributed by atoms with Gasteiger partial charge >= 0.3 is 6.03 Å². The van der Waals surface area contributed by atoms with Crippen LogP contribution in [0, 0.1) is 12.8 Å². The summed E-state index contributed by atoms with van der Waals surface area (Å²) >= 11 is 1.48. The Bertz CT molecular complexity index is 2510. The normalized spacial score (nSPS) is 24.3. The summed E-state index contributed by atoms with van der Waals surface area (Å²) in [5, 5.41) is 11.4. The van der Waals surface area contributed by atoms with Crippen LogP contribution in [0.2, 0.25) is 0 Å². The quantitative estimate of drug-likeness (QED) is 0.130. The van der Waals surface area contributed by atoms with E-state index >= 15 is 0 Å².